The summed E-state index contributed by atoms with van der Waals surface area (Å²) in [6.45, 7) is 18.5. The lowest BCUT2D eigenvalue weighted by Crippen LogP contribution is -2.81. The zero-order chi connectivity index (χ0) is 74.7. The summed E-state index contributed by atoms with van der Waals surface area (Å²) in [5.74, 6) is -6.76. The molecular formula is C74H88FN11O18. The van der Waals surface area contributed by atoms with Crippen LogP contribution in [0.25, 0.3) is 17.1 Å². The number of benzene rings is 4. The largest absolute Gasteiger partial charge is 0.508 e. The van der Waals surface area contributed by atoms with Crippen LogP contribution < -0.4 is 20.8 Å². The quantitative estimate of drug-likeness (QED) is 0.0324. The van der Waals surface area contributed by atoms with Crippen molar-refractivity contribution in [2.24, 2.45) is 16.7 Å². The molecule has 3 aliphatic heterocycles. The number of amides is 1. The average molecular weight is 1440 g/mol. The van der Waals surface area contributed by atoms with Crippen LogP contribution in [-0.2, 0) is 54.1 Å². The van der Waals surface area contributed by atoms with E-state index in [1.807, 2.05) is 23.6 Å². The van der Waals surface area contributed by atoms with Crippen LogP contribution in [-0.4, -0.2) is 220 Å². The Hall–Kier alpha value is -9.72. The number of nitrogens with one attached hydrogen (secondary N) is 2. The van der Waals surface area contributed by atoms with Crippen LogP contribution in [0.3, 0.4) is 0 Å². The average Bonchev–Trinajstić information content (AvgIpc) is 0.692. The molecule has 7 N–H and O–H groups in total. The summed E-state index contributed by atoms with van der Waals surface area (Å²) >= 11 is 0. The summed E-state index contributed by atoms with van der Waals surface area (Å²) in [5, 5.41) is 69.3. The summed E-state index contributed by atoms with van der Waals surface area (Å²) in [6.07, 6.45) is -10.8. The molecule has 1 unspecified atom stereocenters. The SMILES string of the molecule is CC(=O)O[C@@]12CO[C@@H]1C[C@H](O)[C@@]1(C)C(=O)[C@H](O)C3=C(C)[C@@H](OC(=O)[C@H](OC(=O)CN4CCN(c5ncnc(N6CCN(Cc7ccc(-n8c(-c9cc(C(C)C)c(O)cc9O)n[nH]c8=O)cc7F)CC6)n5)CC4)[C@@H](NC(=O)OC(C)(C)C)c4ccccc4)CC(O)([C@@H](OC(=O)c4ccccc4)[C@H]21)C3(C)C. The van der Waals surface area contributed by atoms with Crippen LogP contribution in [0.1, 0.15) is 121 Å². The third kappa shape index (κ3) is 14.0. The molecule has 2 saturated carbocycles. The molecule has 0 spiro atoms. The van der Waals surface area contributed by atoms with Gasteiger partial charge in [-0.2, -0.15) is 10.1 Å². The maximum atomic E-state index is 16.0. The van der Waals surface area contributed by atoms with Gasteiger partial charge in [0.05, 0.1) is 47.4 Å². The smallest absolute Gasteiger partial charge is 0.408 e. The van der Waals surface area contributed by atoms with Crippen molar-refractivity contribution in [2.75, 3.05) is 75.3 Å². The normalized spacial score (nSPS) is 26.2. The third-order valence-electron chi connectivity index (χ3n) is 21.4. The molecule has 11 atom stereocenters. The van der Waals surface area contributed by atoms with Crippen LogP contribution in [0.4, 0.5) is 21.1 Å². The number of aliphatic hydroxyl groups is 3. The Bertz CT molecular complexity index is 4360. The molecule has 1 amide bonds. The van der Waals surface area contributed by atoms with Crippen LogP contribution >= 0.6 is 0 Å². The molecule has 554 valence electrons. The predicted octanol–water partition coefficient (Wildman–Crippen LogP) is 5.35. The Labute approximate surface area is 598 Å². The second-order valence-electron chi connectivity index (χ2n) is 29.7. The van der Waals surface area contributed by atoms with Crippen LogP contribution in [0.15, 0.2) is 113 Å². The van der Waals surface area contributed by atoms with Crippen molar-refractivity contribution in [1.29, 1.82) is 0 Å². The number of H-pyrrole nitrogens is 1. The highest BCUT2D eigenvalue weighted by Gasteiger charge is 2.78. The van der Waals surface area contributed by atoms with Gasteiger partial charge in [-0.15, -0.1) is 0 Å². The molecule has 29 nitrogen and oxygen atoms in total. The number of anilines is 2. The van der Waals surface area contributed by atoms with Gasteiger partial charge in [0.1, 0.15) is 65.3 Å². The van der Waals surface area contributed by atoms with E-state index in [9.17, 15) is 49.5 Å². The second kappa shape index (κ2) is 28.7. The van der Waals surface area contributed by atoms with Crippen LogP contribution in [0.5, 0.6) is 11.5 Å². The highest BCUT2D eigenvalue weighted by Crippen LogP contribution is 2.64. The number of hydrogen-bond donors (Lipinski definition) is 7. The number of alkyl carbamates (subject to hydrolysis) is 1. The molecule has 2 bridgehead atoms. The van der Waals surface area contributed by atoms with Gasteiger partial charge < -0.3 is 69.1 Å². The van der Waals surface area contributed by atoms with Gasteiger partial charge in [0.2, 0.25) is 18.0 Å². The molecule has 6 aromatic rings. The Balaban J connectivity index is 0.753. The maximum Gasteiger partial charge on any atom is 0.408 e. The number of ketones is 1. The summed E-state index contributed by atoms with van der Waals surface area (Å²) in [6, 6.07) is 21.6. The van der Waals surface area contributed by atoms with E-state index in [1.54, 1.807) is 92.4 Å². The van der Waals surface area contributed by atoms with Gasteiger partial charge in [0.15, 0.2) is 17.2 Å². The minimum Gasteiger partial charge on any atom is -0.508 e. The number of fused-ring (bicyclic) bond motifs is 5. The number of aromatic amines is 1. The molecule has 5 heterocycles. The molecule has 3 aliphatic carbocycles. The number of carbonyl (C=O) groups excluding carboxylic acids is 6. The fraction of sp³-hybridized carbons (Fsp3) is 0.500. The lowest BCUT2D eigenvalue weighted by atomic mass is 9.44. The summed E-state index contributed by atoms with van der Waals surface area (Å²) in [5.41, 5.74) is -8.31. The zero-order valence-electron chi connectivity index (χ0n) is 59.6. The number of nitrogens with zero attached hydrogens (tertiary/aromatic N) is 9. The highest BCUT2D eigenvalue weighted by molar-refractivity contribution is 5.94. The zero-order valence-corrected chi connectivity index (χ0v) is 59.6. The monoisotopic (exact) mass is 1440 g/mol. The first kappa shape index (κ1) is 74.0. The number of aromatic nitrogens is 6. The number of phenolic OH excluding ortho intramolecular Hbond substituents is 2. The Morgan fingerprint density at radius 3 is 2.06 bits per heavy atom. The van der Waals surface area contributed by atoms with E-state index in [-0.39, 0.29) is 96.0 Å². The second-order valence-corrected chi connectivity index (χ2v) is 29.7. The van der Waals surface area contributed by atoms with Gasteiger partial charge >= 0.3 is 35.7 Å². The van der Waals surface area contributed by atoms with Crippen molar-refractivity contribution < 1.29 is 87.1 Å². The van der Waals surface area contributed by atoms with Crippen LogP contribution in [0, 0.1) is 22.6 Å². The van der Waals surface area contributed by atoms with Crippen molar-refractivity contribution in [3.63, 3.8) is 0 Å². The van der Waals surface area contributed by atoms with E-state index in [1.165, 1.54) is 58.3 Å². The van der Waals surface area contributed by atoms with Gasteiger partial charge in [0.25, 0.3) is 0 Å². The standard InChI is InChI=1S/C74H88FN11O18/c1-40(2)47-32-48(51(89)33-50(47)88)63-80-81-68(96)86(63)46-22-21-45(49(75)31-46)36-82-23-27-84(28-24-82)66-76-39-77-67(79-66)85-29-25-83(26-30-85)37-55(91)101-59(57(43-17-13-11-14-18-43)78-69(97)104-70(5,6)7)65(95)100-52-35-74(98)62(102-64(94)44-19-15-12-16-20-44)60-72(10,61(93)58(92)56(41(52)3)71(74,8)9)53(90)34-54-73(60,38-99-54)103-42(4)87/h11-22,31-33,39-40,52-54,57-60,62,88-90,92,98H,23-30,34-38H2,1-10H3,(H,78,97)(H,81,96)/t52-,53-,54+,57-,58+,59+,60-,62-,72+,73-,74?/m0/s1. The number of aromatic hydroxyl groups is 2. The minimum atomic E-state index is -2.49. The molecular weight excluding hydrogens is 1350 g/mol. The lowest BCUT2D eigenvalue weighted by molar-refractivity contribution is -0.346. The number of piperazine rings is 2. The fourth-order valence-corrected chi connectivity index (χ4v) is 15.8. The first-order valence-corrected chi connectivity index (χ1v) is 34.7. The number of Topliss-reactive ketones (excluding diaryl/α,β-unsaturated/α-hetero) is 1. The number of phenols is 2. The fourth-order valence-electron chi connectivity index (χ4n) is 15.8. The van der Waals surface area contributed by atoms with Crippen molar-refractivity contribution in [3.05, 3.63) is 147 Å². The first-order chi connectivity index (χ1) is 49.2. The van der Waals surface area contributed by atoms with Gasteiger partial charge in [-0.3, -0.25) is 24.2 Å². The number of rotatable bonds is 18. The summed E-state index contributed by atoms with van der Waals surface area (Å²) < 4.78 is 54.1. The van der Waals surface area contributed by atoms with Crippen LogP contribution in [0.2, 0.25) is 0 Å². The summed E-state index contributed by atoms with van der Waals surface area (Å²) in [7, 11) is 0. The number of ether oxygens (including phenoxy) is 6. The molecule has 3 saturated heterocycles. The molecule has 12 rings (SSSR count). The number of hydrogen-bond acceptors (Lipinski definition) is 26. The third-order valence-corrected chi connectivity index (χ3v) is 21.4. The van der Waals surface area contributed by atoms with E-state index in [0.717, 1.165) is 11.5 Å². The van der Waals surface area contributed by atoms with E-state index in [4.69, 9.17) is 33.4 Å². The van der Waals surface area contributed by atoms with Crippen molar-refractivity contribution >= 4 is 47.7 Å². The number of carbonyl (C=O) groups is 6. The molecule has 6 aliphatic rings. The van der Waals surface area contributed by atoms with E-state index in [2.05, 4.69) is 30.4 Å². The van der Waals surface area contributed by atoms with Crippen molar-refractivity contribution in [1.82, 2.24) is 44.8 Å². The Morgan fingerprint density at radius 2 is 1.46 bits per heavy atom. The molecule has 0 radical (unpaired) electrons. The molecule has 2 aromatic heterocycles. The maximum absolute atomic E-state index is 16.0. The van der Waals surface area contributed by atoms with Gasteiger partial charge in [-0.05, 0) is 93.1 Å². The molecule has 104 heavy (non-hydrogen) atoms. The van der Waals surface area contributed by atoms with Crippen molar-refractivity contribution in [3.8, 4) is 28.6 Å². The first-order valence-electron chi connectivity index (χ1n) is 34.7. The molecule has 30 heteroatoms. The van der Waals surface area contributed by atoms with E-state index in [0.29, 0.717) is 62.3 Å². The van der Waals surface area contributed by atoms with Crippen molar-refractivity contribution in [2.45, 2.75) is 154 Å². The number of halogens is 1. The van der Waals surface area contributed by atoms with Gasteiger partial charge in [0, 0.05) is 95.7 Å². The molecule has 5 fully saturated rings. The topological polar surface area (TPSA) is 373 Å². The minimum absolute atomic E-state index is 0.0342. The Morgan fingerprint density at radius 1 is 0.827 bits per heavy atom. The predicted molar refractivity (Wildman–Crippen MR) is 370 cm³/mol. The van der Waals surface area contributed by atoms with Gasteiger partial charge in [-0.1, -0.05) is 82.3 Å². The highest BCUT2D eigenvalue weighted by atomic mass is 19.1. The van der Waals surface area contributed by atoms with E-state index < -0.39 is 130 Å². The molecule has 4 aromatic carbocycles. The van der Waals surface area contributed by atoms with Gasteiger partial charge in [-0.25, -0.2) is 43.2 Å². The Kier molecular flexibility index (Phi) is 20.4. The van der Waals surface area contributed by atoms with E-state index >= 15 is 14.0 Å². The lowest BCUT2D eigenvalue weighted by Gasteiger charge is -2.67. The number of aliphatic hydroxyl groups excluding tert-OH is 2. The number of esters is 4. The summed E-state index contributed by atoms with van der Waals surface area (Å²) in [4.78, 5) is 122.